The molecule has 0 spiro atoms. The smallest absolute Gasteiger partial charge is 0.336 e. The Kier molecular flexibility index (Phi) is 4.98. The van der Waals surface area contributed by atoms with Crippen molar-refractivity contribution in [1.82, 2.24) is 25.2 Å². The monoisotopic (exact) mass is 407 g/mol. The van der Waals surface area contributed by atoms with Gasteiger partial charge in [0.25, 0.3) is 5.91 Å². The second-order valence-electron chi connectivity index (χ2n) is 8.42. The van der Waals surface area contributed by atoms with Gasteiger partial charge in [0.2, 0.25) is 0 Å². The van der Waals surface area contributed by atoms with E-state index in [1.165, 1.54) is 6.42 Å². The van der Waals surface area contributed by atoms with Gasteiger partial charge >= 0.3 is 11.8 Å². The molecule has 3 aliphatic rings. The summed E-state index contributed by atoms with van der Waals surface area (Å²) in [5, 5.41) is 5.88. The summed E-state index contributed by atoms with van der Waals surface area (Å²) in [5.41, 5.74) is 0.579. The minimum atomic E-state index is -0.0424. The molecule has 8 nitrogen and oxygen atoms in total. The number of fused-ring (bicyclic) bond motifs is 2. The molecule has 2 aromatic heterocycles. The van der Waals surface area contributed by atoms with Crippen LogP contribution in [0.3, 0.4) is 0 Å². The molecule has 2 aromatic rings. The van der Waals surface area contributed by atoms with Gasteiger partial charge in [0.15, 0.2) is 6.20 Å². The molecule has 1 saturated carbocycles. The van der Waals surface area contributed by atoms with E-state index in [1.807, 2.05) is 35.5 Å². The van der Waals surface area contributed by atoms with Crippen molar-refractivity contribution in [2.75, 3.05) is 32.7 Å². The van der Waals surface area contributed by atoms with Crippen LogP contribution in [0.5, 0.6) is 0 Å². The van der Waals surface area contributed by atoms with Crippen molar-refractivity contribution in [3.8, 4) is 5.82 Å². The first kappa shape index (κ1) is 18.8. The van der Waals surface area contributed by atoms with Crippen molar-refractivity contribution >= 4 is 11.9 Å². The Morgan fingerprint density at radius 1 is 1.30 bits per heavy atom. The van der Waals surface area contributed by atoms with Crippen LogP contribution in [-0.4, -0.2) is 64.5 Å². The number of amides is 3. The average molecular weight is 407 g/mol. The van der Waals surface area contributed by atoms with Crippen LogP contribution in [0.2, 0.25) is 0 Å². The van der Waals surface area contributed by atoms with Crippen LogP contribution in [0.1, 0.15) is 23.2 Å². The number of hydrogen-bond donors (Lipinski definition) is 2. The topological polar surface area (TPSA) is 85.2 Å². The Morgan fingerprint density at radius 2 is 2.23 bits per heavy atom. The molecule has 30 heavy (non-hydrogen) atoms. The van der Waals surface area contributed by atoms with Gasteiger partial charge in [-0.15, -0.1) is 4.68 Å². The SMILES string of the molecule is O=C1NCCN1CCN(C[C@H]1C[C@@H]2C=C[C@H]1C2)C(=O)c1ccc(-[n+]2ccc[nH]2)nc1. The van der Waals surface area contributed by atoms with E-state index in [-0.39, 0.29) is 11.9 Å². The lowest BCUT2D eigenvalue weighted by molar-refractivity contribution is -0.658. The van der Waals surface area contributed by atoms with Gasteiger partial charge in [-0.25, -0.2) is 9.89 Å². The number of hydrogen-bond acceptors (Lipinski definition) is 3. The van der Waals surface area contributed by atoms with Crippen molar-refractivity contribution < 1.29 is 14.3 Å². The van der Waals surface area contributed by atoms with Crippen molar-refractivity contribution in [2.45, 2.75) is 12.8 Å². The van der Waals surface area contributed by atoms with Crippen molar-refractivity contribution in [2.24, 2.45) is 17.8 Å². The van der Waals surface area contributed by atoms with Gasteiger partial charge in [-0.2, -0.15) is 0 Å². The van der Waals surface area contributed by atoms with Gasteiger partial charge in [0.05, 0.1) is 5.56 Å². The van der Waals surface area contributed by atoms with Crippen LogP contribution in [0.15, 0.2) is 48.9 Å². The van der Waals surface area contributed by atoms with Gasteiger partial charge in [0.1, 0.15) is 6.20 Å². The van der Waals surface area contributed by atoms with Crippen LogP contribution in [0, 0.1) is 17.8 Å². The van der Waals surface area contributed by atoms with Crippen LogP contribution >= 0.6 is 0 Å². The Bertz CT molecular complexity index is 939. The van der Waals surface area contributed by atoms with Crippen molar-refractivity contribution in [3.63, 3.8) is 0 Å². The summed E-state index contributed by atoms with van der Waals surface area (Å²) >= 11 is 0. The Labute approximate surface area is 175 Å². The molecule has 0 unspecified atom stereocenters. The lowest BCUT2D eigenvalue weighted by Crippen LogP contribution is -2.42. The second-order valence-corrected chi connectivity index (χ2v) is 8.42. The van der Waals surface area contributed by atoms with E-state index in [2.05, 4.69) is 27.6 Å². The molecule has 5 rings (SSSR count). The molecule has 2 aliphatic carbocycles. The number of carbonyl (C=O) groups is 2. The first-order valence-electron chi connectivity index (χ1n) is 10.7. The van der Waals surface area contributed by atoms with Crippen LogP contribution in [0.25, 0.3) is 5.82 Å². The first-order valence-corrected chi connectivity index (χ1v) is 10.7. The fraction of sp³-hybridized carbons (Fsp3) is 0.455. The van der Waals surface area contributed by atoms with Crippen molar-refractivity contribution in [1.29, 1.82) is 0 Å². The summed E-state index contributed by atoms with van der Waals surface area (Å²) in [6, 6.07) is 5.52. The fourth-order valence-electron chi connectivity index (χ4n) is 4.90. The average Bonchev–Trinajstić information content (AvgIpc) is 3.57. The van der Waals surface area contributed by atoms with Gasteiger partial charge in [-0.1, -0.05) is 12.2 Å². The largest absolute Gasteiger partial charge is 0.346 e. The molecule has 0 aromatic carbocycles. The number of nitrogens with zero attached hydrogens (tertiary/aromatic N) is 4. The normalized spacial score (nSPS) is 24.5. The number of allylic oxidation sites excluding steroid dienone is 2. The lowest BCUT2D eigenvalue weighted by atomic mass is 9.93. The highest BCUT2D eigenvalue weighted by Crippen LogP contribution is 2.43. The highest BCUT2D eigenvalue weighted by molar-refractivity contribution is 5.94. The number of pyridine rings is 1. The highest BCUT2D eigenvalue weighted by atomic mass is 16.2. The molecule has 1 saturated heterocycles. The summed E-state index contributed by atoms with van der Waals surface area (Å²) in [6.45, 7) is 3.19. The van der Waals surface area contributed by atoms with Gasteiger partial charge < -0.3 is 15.1 Å². The number of H-pyrrole nitrogens is 1. The zero-order valence-corrected chi connectivity index (χ0v) is 16.9. The summed E-state index contributed by atoms with van der Waals surface area (Å²) in [6.07, 6.45) is 12.3. The summed E-state index contributed by atoms with van der Waals surface area (Å²) < 4.78 is 1.79. The molecule has 3 heterocycles. The van der Waals surface area contributed by atoms with E-state index in [9.17, 15) is 9.59 Å². The van der Waals surface area contributed by atoms with E-state index < -0.39 is 0 Å². The molecule has 8 heteroatoms. The number of rotatable bonds is 7. The molecule has 2 bridgehead atoms. The van der Waals surface area contributed by atoms with E-state index in [0.29, 0.717) is 49.5 Å². The van der Waals surface area contributed by atoms with Crippen LogP contribution in [-0.2, 0) is 0 Å². The Hall–Kier alpha value is -3.16. The van der Waals surface area contributed by atoms with Gasteiger partial charge in [-0.05, 0) is 47.7 Å². The van der Waals surface area contributed by atoms with E-state index in [0.717, 1.165) is 18.8 Å². The molecule has 3 atom stereocenters. The number of urea groups is 1. The maximum Gasteiger partial charge on any atom is 0.346 e. The Morgan fingerprint density at radius 3 is 2.87 bits per heavy atom. The third-order valence-corrected chi connectivity index (χ3v) is 6.53. The van der Waals surface area contributed by atoms with E-state index >= 15 is 0 Å². The summed E-state index contributed by atoms with van der Waals surface area (Å²) in [4.78, 5) is 33.4. The highest BCUT2D eigenvalue weighted by Gasteiger charge is 2.37. The zero-order chi connectivity index (χ0) is 20.5. The van der Waals surface area contributed by atoms with Gasteiger partial charge in [0, 0.05) is 45.0 Å². The molecule has 2 fully saturated rings. The lowest BCUT2D eigenvalue weighted by Gasteiger charge is -2.30. The standard InChI is InChI=1S/C22H26N6O2/c29-21(18-4-5-20(24-14-18)28-8-1-6-25-28)27(11-10-26-9-7-23-22(26)30)15-19-13-16-2-3-17(19)12-16/h1-6,8,14,16-17,19H,7,9-13,15H2,(H,23,30)/p+1/t16-,17+,19-/m1/s1. The maximum atomic E-state index is 13.4. The minimum Gasteiger partial charge on any atom is -0.336 e. The van der Waals surface area contributed by atoms with Crippen molar-refractivity contribution in [3.05, 3.63) is 54.5 Å². The molecule has 2 N–H and O–H groups in total. The third-order valence-electron chi connectivity index (χ3n) is 6.53. The zero-order valence-electron chi connectivity index (χ0n) is 16.9. The summed E-state index contributed by atoms with van der Waals surface area (Å²) in [5.74, 6) is 2.45. The first-order chi connectivity index (χ1) is 14.7. The number of nitrogens with one attached hydrogen (secondary N) is 2. The fourth-order valence-corrected chi connectivity index (χ4v) is 4.90. The second kappa shape index (κ2) is 7.93. The predicted octanol–water partition coefficient (Wildman–Crippen LogP) is 1.37. The molecular weight excluding hydrogens is 380 g/mol. The molecule has 3 amide bonds. The number of aromatic nitrogens is 3. The third kappa shape index (κ3) is 3.69. The summed E-state index contributed by atoms with van der Waals surface area (Å²) in [7, 11) is 0. The quantitative estimate of drug-likeness (QED) is 0.537. The van der Waals surface area contributed by atoms with Crippen LogP contribution < -0.4 is 10.00 Å². The van der Waals surface area contributed by atoms with E-state index in [4.69, 9.17) is 0 Å². The molecule has 0 radical (unpaired) electrons. The van der Waals surface area contributed by atoms with Gasteiger partial charge in [-0.3, -0.25) is 4.79 Å². The maximum absolute atomic E-state index is 13.4. The molecule has 156 valence electrons. The van der Waals surface area contributed by atoms with Crippen LogP contribution in [0.4, 0.5) is 4.79 Å². The number of carbonyl (C=O) groups excluding carboxylic acids is 2. The Balaban J connectivity index is 1.31. The minimum absolute atomic E-state index is 0.0168. The predicted molar refractivity (Wildman–Crippen MR) is 110 cm³/mol. The molecular formula is C22H27N6O2+. The number of aromatic amines is 1. The van der Waals surface area contributed by atoms with E-state index in [1.54, 1.807) is 15.8 Å². The molecule has 1 aliphatic heterocycles.